The number of rotatable bonds is 7. The van der Waals surface area contributed by atoms with Gasteiger partial charge in [0.25, 0.3) is 11.8 Å². The van der Waals surface area contributed by atoms with E-state index in [0.29, 0.717) is 46.6 Å². The topological polar surface area (TPSA) is 92.8 Å². The van der Waals surface area contributed by atoms with E-state index in [1.54, 1.807) is 27.8 Å². The van der Waals surface area contributed by atoms with Crippen LogP contribution in [0, 0.1) is 11.7 Å². The minimum Gasteiger partial charge on any atom is -0.493 e. The second kappa shape index (κ2) is 10.3. The van der Waals surface area contributed by atoms with E-state index in [2.05, 4.69) is 0 Å². The zero-order valence-electron chi connectivity index (χ0n) is 19.0. The van der Waals surface area contributed by atoms with Crippen LogP contribution < -0.4 is 9.46 Å². The van der Waals surface area contributed by atoms with E-state index in [9.17, 15) is 22.4 Å². The van der Waals surface area contributed by atoms with Gasteiger partial charge in [0.15, 0.2) is 0 Å². The van der Waals surface area contributed by atoms with Gasteiger partial charge in [0.05, 0.1) is 18.4 Å². The summed E-state index contributed by atoms with van der Waals surface area (Å²) < 4.78 is 45.2. The van der Waals surface area contributed by atoms with Crippen molar-refractivity contribution in [1.82, 2.24) is 9.62 Å². The molecule has 1 saturated carbocycles. The van der Waals surface area contributed by atoms with Crippen LogP contribution in [0.25, 0.3) is 0 Å². The van der Waals surface area contributed by atoms with E-state index in [0.717, 1.165) is 38.0 Å². The Kier molecular flexibility index (Phi) is 7.59. The van der Waals surface area contributed by atoms with E-state index >= 15 is 0 Å². The normalized spacial score (nSPS) is 16.7. The average Bonchev–Trinajstić information content (AvgIpc) is 3.61. The van der Waals surface area contributed by atoms with Crippen LogP contribution in [0.15, 0.2) is 30.3 Å². The zero-order chi connectivity index (χ0) is 25.3. The first-order chi connectivity index (χ1) is 16.5. The fraction of sp³-hybridized carbons (Fsp3) is 0.417. The van der Waals surface area contributed by atoms with E-state index in [1.807, 2.05) is 0 Å². The quantitative estimate of drug-likeness (QED) is 0.550. The maximum Gasteiger partial charge on any atom is 0.267 e. The fourth-order valence-corrected chi connectivity index (χ4v) is 5.15. The molecule has 0 unspecified atom stereocenters. The molecule has 2 aliphatic rings. The highest BCUT2D eigenvalue weighted by Crippen LogP contribution is 2.45. The monoisotopic (exact) mass is 542 g/mol. The number of hydrogen-bond acceptors (Lipinski definition) is 5. The van der Waals surface area contributed by atoms with E-state index in [1.165, 1.54) is 6.07 Å². The van der Waals surface area contributed by atoms with Gasteiger partial charge in [0.1, 0.15) is 11.6 Å². The molecular weight excluding hydrogens is 518 g/mol. The summed E-state index contributed by atoms with van der Waals surface area (Å²) in [6, 6.07) is 7.32. The number of halogens is 3. The summed E-state index contributed by atoms with van der Waals surface area (Å²) in [6.07, 6.45) is 4.06. The summed E-state index contributed by atoms with van der Waals surface area (Å²) >= 11 is 12.0. The maximum absolute atomic E-state index is 14.7. The lowest BCUT2D eigenvalue weighted by atomic mass is 9.97. The van der Waals surface area contributed by atoms with Crippen LogP contribution >= 0.6 is 23.2 Å². The molecule has 2 fully saturated rings. The molecule has 0 radical (unpaired) electrons. The number of hydrogen-bond donors (Lipinski definition) is 1. The highest BCUT2D eigenvalue weighted by atomic mass is 35.5. The van der Waals surface area contributed by atoms with Gasteiger partial charge in [0.2, 0.25) is 10.0 Å². The molecule has 188 valence electrons. The summed E-state index contributed by atoms with van der Waals surface area (Å²) in [5.41, 5.74) is 0.829. The van der Waals surface area contributed by atoms with Crippen LogP contribution in [0.5, 0.6) is 5.75 Å². The number of piperidine rings is 1. The summed E-state index contributed by atoms with van der Waals surface area (Å²) in [6.45, 7) is 1.44. The smallest absolute Gasteiger partial charge is 0.267 e. The molecular formula is C24H25Cl2FN2O5S. The molecule has 1 heterocycles. The van der Waals surface area contributed by atoms with Gasteiger partial charge >= 0.3 is 0 Å². The molecule has 4 rings (SSSR count). The minimum atomic E-state index is -3.81. The number of nitrogens with one attached hydrogen (secondary N) is 1. The van der Waals surface area contributed by atoms with Crippen molar-refractivity contribution in [3.05, 3.63) is 62.9 Å². The van der Waals surface area contributed by atoms with Crippen LogP contribution in [0.3, 0.4) is 0 Å². The van der Waals surface area contributed by atoms with Gasteiger partial charge in [-0.1, -0.05) is 23.2 Å². The van der Waals surface area contributed by atoms with Gasteiger partial charge in [-0.3, -0.25) is 9.59 Å². The molecule has 0 bridgehead atoms. The Morgan fingerprint density at radius 3 is 2.26 bits per heavy atom. The fourth-order valence-electron chi connectivity index (χ4n) is 4.18. The molecule has 2 aromatic carbocycles. The molecule has 0 atom stereocenters. The van der Waals surface area contributed by atoms with Crippen molar-refractivity contribution in [2.24, 2.45) is 5.92 Å². The van der Waals surface area contributed by atoms with Gasteiger partial charge in [-0.25, -0.2) is 17.5 Å². The van der Waals surface area contributed by atoms with E-state index < -0.39 is 21.7 Å². The Morgan fingerprint density at radius 2 is 1.69 bits per heavy atom. The van der Waals surface area contributed by atoms with Crippen molar-refractivity contribution in [2.45, 2.75) is 31.6 Å². The molecule has 2 aromatic rings. The van der Waals surface area contributed by atoms with E-state index in [4.69, 9.17) is 27.9 Å². The van der Waals surface area contributed by atoms with Crippen molar-refractivity contribution in [1.29, 1.82) is 0 Å². The van der Waals surface area contributed by atoms with Crippen LogP contribution in [0.1, 0.15) is 57.9 Å². The molecule has 0 spiro atoms. The van der Waals surface area contributed by atoms with Gasteiger partial charge in [-0.2, -0.15) is 0 Å². The SMILES string of the molecule is CS(=O)(=O)NC(=O)c1cc(C2CC2)c(OCC2CCN(C(=O)c3cc(Cl)cc(Cl)c3)CC2)cc1F. The first-order valence-corrected chi connectivity index (χ1v) is 13.9. The summed E-state index contributed by atoms with van der Waals surface area (Å²) in [5, 5.41) is 0.810. The molecule has 11 heteroatoms. The zero-order valence-corrected chi connectivity index (χ0v) is 21.4. The highest BCUT2D eigenvalue weighted by Gasteiger charge is 2.31. The number of amides is 2. The van der Waals surface area contributed by atoms with Gasteiger partial charge < -0.3 is 9.64 Å². The average molecular weight is 543 g/mol. The largest absolute Gasteiger partial charge is 0.493 e. The van der Waals surface area contributed by atoms with Crippen LogP contribution in [-0.2, 0) is 10.0 Å². The number of likely N-dealkylation sites (tertiary alicyclic amines) is 1. The lowest BCUT2D eigenvalue weighted by molar-refractivity contribution is 0.0660. The predicted octanol–water partition coefficient (Wildman–Crippen LogP) is 4.63. The molecule has 1 aliphatic carbocycles. The lowest BCUT2D eigenvalue weighted by Gasteiger charge is -2.32. The number of ether oxygens (including phenoxy) is 1. The van der Waals surface area contributed by atoms with Crippen molar-refractivity contribution in [3.8, 4) is 5.75 Å². The van der Waals surface area contributed by atoms with Crippen molar-refractivity contribution >= 4 is 45.0 Å². The molecule has 2 amide bonds. The predicted molar refractivity (Wildman–Crippen MR) is 131 cm³/mol. The second-order valence-electron chi connectivity index (χ2n) is 9.05. The Balaban J connectivity index is 1.38. The van der Waals surface area contributed by atoms with Crippen molar-refractivity contribution in [2.75, 3.05) is 26.0 Å². The number of benzene rings is 2. The summed E-state index contributed by atoms with van der Waals surface area (Å²) in [4.78, 5) is 26.7. The molecule has 1 N–H and O–H groups in total. The number of sulfonamides is 1. The standard InChI is InChI=1S/C24H25Cl2FN2O5S/c1-35(32,33)28-23(30)20-11-19(15-2-3-15)22(12-21(20)27)34-13-14-4-6-29(7-5-14)24(31)16-8-17(25)10-18(26)9-16/h8-12,14-15H,2-7,13H2,1H3,(H,28,30). The first kappa shape index (κ1) is 25.7. The van der Waals surface area contributed by atoms with Gasteiger partial charge in [-0.05, 0) is 67.3 Å². The van der Waals surface area contributed by atoms with Crippen LogP contribution in [-0.4, -0.2) is 51.1 Å². The Morgan fingerprint density at radius 1 is 1.06 bits per heavy atom. The third-order valence-corrected chi connectivity index (χ3v) is 7.12. The van der Waals surface area contributed by atoms with Gasteiger partial charge in [0, 0.05) is 34.8 Å². The van der Waals surface area contributed by atoms with Crippen molar-refractivity contribution < 1.29 is 27.1 Å². The third kappa shape index (κ3) is 6.65. The Labute approximate surface area is 213 Å². The van der Waals surface area contributed by atoms with E-state index in [-0.39, 0.29) is 23.3 Å². The van der Waals surface area contributed by atoms with Crippen molar-refractivity contribution in [3.63, 3.8) is 0 Å². The van der Waals surface area contributed by atoms with Gasteiger partial charge in [-0.15, -0.1) is 0 Å². The van der Waals surface area contributed by atoms with Crippen LogP contribution in [0.2, 0.25) is 10.0 Å². The molecule has 7 nitrogen and oxygen atoms in total. The molecule has 35 heavy (non-hydrogen) atoms. The number of carbonyl (C=O) groups is 2. The first-order valence-electron chi connectivity index (χ1n) is 11.2. The summed E-state index contributed by atoms with van der Waals surface area (Å²) in [5.74, 6) is -1.28. The highest BCUT2D eigenvalue weighted by molar-refractivity contribution is 7.89. The number of nitrogens with zero attached hydrogens (tertiary/aromatic N) is 1. The second-order valence-corrected chi connectivity index (χ2v) is 11.7. The summed E-state index contributed by atoms with van der Waals surface area (Å²) in [7, 11) is -3.81. The Hall–Kier alpha value is -2.36. The van der Waals surface area contributed by atoms with Crippen LogP contribution in [0.4, 0.5) is 4.39 Å². The molecule has 0 aromatic heterocycles. The lowest BCUT2D eigenvalue weighted by Crippen LogP contribution is -2.39. The molecule has 1 saturated heterocycles. The Bertz CT molecular complexity index is 1240. The number of carbonyl (C=O) groups excluding carboxylic acids is 2. The third-order valence-electron chi connectivity index (χ3n) is 6.13. The minimum absolute atomic E-state index is 0.130. The molecule has 1 aliphatic heterocycles. The maximum atomic E-state index is 14.7.